The van der Waals surface area contributed by atoms with E-state index in [1.54, 1.807) is 0 Å². The standard InChI is InChI=1S/C9H13N3O5.C4H9NO2.ClH/c10-5-1-2-12(9(16)11-5)8-7(15)6(14)4(3-13)17-8;5-3-1-2-4(6)7;/h1-2,4,6-8,13-15H,3H2,(H2,10,11,16);1-3,5H2,(H,6,7);1H/t4-,6-,7-,8-;;/m1../s1. The van der Waals surface area contributed by atoms with Crippen LogP contribution in [-0.2, 0) is 9.53 Å². The van der Waals surface area contributed by atoms with Gasteiger partial charge in [-0.2, -0.15) is 4.98 Å². The summed E-state index contributed by atoms with van der Waals surface area (Å²) in [5, 5.41) is 36.1. The number of rotatable bonds is 5. The number of nitrogen functional groups attached to an aromatic ring is 1. The number of aromatic nitrogens is 2. The maximum atomic E-state index is 11.5. The first kappa shape index (κ1) is 23.2. The maximum absolute atomic E-state index is 11.5. The molecule has 1 aromatic heterocycles. The number of hydrogen-bond acceptors (Lipinski definition) is 9. The second-order valence-corrected chi connectivity index (χ2v) is 5.06. The van der Waals surface area contributed by atoms with Gasteiger partial charge in [-0.1, -0.05) is 0 Å². The molecule has 0 bridgehead atoms. The van der Waals surface area contributed by atoms with Crippen LogP contribution in [0.2, 0.25) is 0 Å². The number of hydrogen-bond donors (Lipinski definition) is 6. The van der Waals surface area contributed by atoms with Crippen molar-refractivity contribution in [3.05, 3.63) is 22.7 Å². The second-order valence-electron chi connectivity index (χ2n) is 5.06. The van der Waals surface area contributed by atoms with Crippen molar-refractivity contribution in [1.29, 1.82) is 0 Å². The largest absolute Gasteiger partial charge is 0.481 e. The predicted molar refractivity (Wildman–Crippen MR) is 89.1 cm³/mol. The minimum absolute atomic E-state index is 0. The smallest absolute Gasteiger partial charge is 0.351 e. The molecule has 0 saturated carbocycles. The fourth-order valence-corrected chi connectivity index (χ4v) is 1.98. The number of ether oxygens (including phenoxy) is 1. The Bertz CT molecular complexity index is 600. The van der Waals surface area contributed by atoms with E-state index in [1.807, 2.05) is 0 Å². The van der Waals surface area contributed by atoms with Crippen molar-refractivity contribution in [2.75, 3.05) is 18.9 Å². The minimum atomic E-state index is -1.31. The molecule has 2 rings (SSSR count). The van der Waals surface area contributed by atoms with Gasteiger partial charge in [-0.3, -0.25) is 9.36 Å². The Kier molecular flexibility index (Phi) is 10.2. The molecular weight excluding hydrogens is 360 g/mol. The Morgan fingerprint density at radius 1 is 1.36 bits per heavy atom. The highest BCUT2D eigenvalue weighted by atomic mass is 35.5. The predicted octanol–water partition coefficient (Wildman–Crippen LogP) is -2.33. The second kappa shape index (κ2) is 11.0. The molecule has 1 aliphatic heterocycles. The Labute approximate surface area is 149 Å². The lowest BCUT2D eigenvalue weighted by molar-refractivity contribution is -0.137. The Balaban J connectivity index is 0.000000620. The molecule has 0 unspecified atom stereocenters. The number of nitrogens with zero attached hydrogens (tertiary/aromatic N) is 2. The molecule has 0 spiro atoms. The number of carboxylic acids is 1. The van der Waals surface area contributed by atoms with Crippen molar-refractivity contribution in [2.45, 2.75) is 37.4 Å². The van der Waals surface area contributed by atoms with Gasteiger partial charge in [0.1, 0.15) is 24.1 Å². The highest BCUT2D eigenvalue weighted by molar-refractivity contribution is 5.85. The molecule has 0 radical (unpaired) electrons. The van der Waals surface area contributed by atoms with Gasteiger partial charge in [0.05, 0.1) is 6.61 Å². The average molecular weight is 383 g/mol. The van der Waals surface area contributed by atoms with E-state index in [0.717, 1.165) is 4.57 Å². The first-order valence-corrected chi connectivity index (χ1v) is 7.20. The average Bonchev–Trinajstić information content (AvgIpc) is 2.81. The van der Waals surface area contributed by atoms with E-state index in [1.165, 1.54) is 12.3 Å². The third kappa shape index (κ3) is 6.57. The summed E-state index contributed by atoms with van der Waals surface area (Å²) in [6.45, 7) is 0.0121. The molecule has 0 amide bonds. The maximum Gasteiger partial charge on any atom is 0.351 e. The van der Waals surface area contributed by atoms with Gasteiger partial charge in [-0.15, -0.1) is 12.4 Å². The number of halogens is 1. The van der Waals surface area contributed by atoms with Crippen LogP contribution >= 0.6 is 12.4 Å². The SMILES string of the molecule is Cl.NCCCC(=O)O.Nc1ccn([C@@H]2O[C@H](CO)[C@@H](O)[C@H]2O)c(=O)n1. The molecule has 2 heterocycles. The molecule has 8 N–H and O–H groups in total. The van der Waals surface area contributed by atoms with Gasteiger partial charge in [-0.05, 0) is 19.0 Å². The minimum Gasteiger partial charge on any atom is -0.481 e. The first-order chi connectivity index (χ1) is 11.3. The van der Waals surface area contributed by atoms with Crippen LogP contribution in [0.3, 0.4) is 0 Å². The van der Waals surface area contributed by atoms with E-state index in [4.69, 9.17) is 26.4 Å². The van der Waals surface area contributed by atoms with Crippen molar-refractivity contribution in [2.24, 2.45) is 5.73 Å². The Morgan fingerprint density at radius 3 is 2.40 bits per heavy atom. The van der Waals surface area contributed by atoms with E-state index >= 15 is 0 Å². The van der Waals surface area contributed by atoms with Crippen LogP contribution in [0.1, 0.15) is 19.1 Å². The quantitative estimate of drug-likeness (QED) is 0.321. The van der Waals surface area contributed by atoms with Gasteiger partial charge in [0.2, 0.25) is 0 Å². The van der Waals surface area contributed by atoms with Gasteiger partial charge in [0, 0.05) is 12.6 Å². The van der Waals surface area contributed by atoms with Crippen LogP contribution in [0.15, 0.2) is 17.1 Å². The van der Waals surface area contributed by atoms with Gasteiger partial charge in [0.25, 0.3) is 0 Å². The fraction of sp³-hybridized carbons (Fsp3) is 0.615. The topological polar surface area (TPSA) is 194 Å². The molecule has 0 aliphatic carbocycles. The zero-order valence-corrected chi connectivity index (χ0v) is 14.1. The molecule has 1 aliphatic rings. The molecule has 1 aromatic rings. The van der Waals surface area contributed by atoms with Crippen molar-refractivity contribution in [3.63, 3.8) is 0 Å². The molecular formula is C13H23ClN4O7. The number of aliphatic carboxylic acids is 1. The summed E-state index contributed by atoms with van der Waals surface area (Å²) in [6.07, 6.45) is -2.50. The summed E-state index contributed by atoms with van der Waals surface area (Å²) in [6, 6.07) is 1.37. The van der Waals surface area contributed by atoms with E-state index < -0.39 is 42.8 Å². The number of nitrogens with two attached hydrogens (primary N) is 2. The van der Waals surface area contributed by atoms with Gasteiger partial charge < -0.3 is 36.6 Å². The number of anilines is 1. The van der Waals surface area contributed by atoms with Crippen LogP contribution in [0.5, 0.6) is 0 Å². The summed E-state index contributed by atoms with van der Waals surface area (Å²) >= 11 is 0. The highest BCUT2D eigenvalue weighted by Gasteiger charge is 2.43. The zero-order valence-electron chi connectivity index (χ0n) is 13.3. The number of carboxylic acid groups (broad SMARTS) is 1. The Morgan fingerprint density at radius 2 is 2.00 bits per heavy atom. The van der Waals surface area contributed by atoms with Crippen molar-refractivity contribution in [3.8, 4) is 0 Å². The van der Waals surface area contributed by atoms with Crippen LogP contribution in [0, 0.1) is 0 Å². The van der Waals surface area contributed by atoms with Crippen molar-refractivity contribution >= 4 is 24.2 Å². The number of aliphatic hydroxyl groups excluding tert-OH is 3. The summed E-state index contributed by atoms with van der Waals surface area (Å²) < 4.78 is 6.19. The van der Waals surface area contributed by atoms with Crippen molar-refractivity contribution < 1.29 is 30.0 Å². The van der Waals surface area contributed by atoms with Crippen LogP contribution in [0.4, 0.5) is 5.82 Å². The fourth-order valence-electron chi connectivity index (χ4n) is 1.98. The first-order valence-electron chi connectivity index (χ1n) is 7.20. The normalized spacial score (nSPS) is 24.8. The Hall–Kier alpha value is -1.76. The third-order valence-electron chi connectivity index (χ3n) is 3.24. The van der Waals surface area contributed by atoms with Crippen LogP contribution in [0.25, 0.3) is 0 Å². The molecule has 4 atom stereocenters. The molecule has 144 valence electrons. The van der Waals surface area contributed by atoms with Gasteiger partial charge in [0.15, 0.2) is 6.23 Å². The van der Waals surface area contributed by atoms with Crippen molar-refractivity contribution in [1.82, 2.24) is 9.55 Å². The highest BCUT2D eigenvalue weighted by Crippen LogP contribution is 2.27. The lowest BCUT2D eigenvalue weighted by atomic mass is 10.1. The summed E-state index contributed by atoms with van der Waals surface area (Å²) in [4.78, 5) is 24.7. The van der Waals surface area contributed by atoms with E-state index in [0.29, 0.717) is 13.0 Å². The number of aliphatic hydroxyl groups is 3. The summed E-state index contributed by atoms with van der Waals surface area (Å²) in [7, 11) is 0. The summed E-state index contributed by atoms with van der Waals surface area (Å²) in [5.74, 6) is -0.719. The van der Waals surface area contributed by atoms with E-state index in [-0.39, 0.29) is 24.6 Å². The molecule has 0 aromatic carbocycles. The molecule has 11 nitrogen and oxygen atoms in total. The lowest BCUT2D eigenvalue weighted by Gasteiger charge is -2.16. The van der Waals surface area contributed by atoms with Crippen LogP contribution < -0.4 is 17.2 Å². The lowest BCUT2D eigenvalue weighted by Crippen LogP contribution is -2.36. The van der Waals surface area contributed by atoms with Gasteiger partial charge >= 0.3 is 11.7 Å². The molecule has 12 heteroatoms. The zero-order chi connectivity index (χ0) is 18.3. The molecule has 25 heavy (non-hydrogen) atoms. The third-order valence-corrected chi connectivity index (χ3v) is 3.24. The molecule has 1 saturated heterocycles. The summed E-state index contributed by atoms with van der Waals surface area (Å²) in [5.41, 5.74) is 9.64. The van der Waals surface area contributed by atoms with E-state index in [2.05, 4.69) is 4.98 Å². The number of carbonyl (C=O) groups is 1. The van der Waals surface area contributed by atoms with Crippen LogP contribution in [-0.4, -0.2) is 67.4 Å². The monoisotopic (exact) mass is 382 g/mol. The van der Waals surface area contributed by atoms with Gasteiger partial charge in [-0.25, -0.2) is 4.79 Å². The molecule has 1 fully saturated rings. The van der Waals surface area contributed by atoms with E-state index in [9.17, 15) is 19.8 Å².